The normalized spacial score (nSPS) is 17.2. The quantitative estimate of drug-likeness (QED) is 0.773. The second-order valence-electron chi connectivity index (χ2n) is 5.22. The van der Waals surface area contributed by atoms with Gasteiger partial charge in [0, 0.05) is 37.7 Å². The molecule has 3 heteroatoms. The van der Waals surface area contributed by atoms with Gasteiger partial charge in [0.05, 0.1) is 0 Å². The minimum absolute atomic E-state index is 0.775. The molecule has 0 aliphatic carbocycles. The van der Waals surface area contributed by atoms with Gasteiger partial charge in [0.1, 0.15) is 0 Å². The fraction of sp³-hybridized carbons (Fsp3) is 0.600. The van der Waals surface area contributed by atoms with Crippen LogP contribution in [0.15, 0.2) is 18.2 Å². The molecule has 0 N–H and O–H groups in total. The van der Waals surface area contributed by atoms with Gasteiger partial charge in [-0.1, -0.05) is 6.07 Å². The molecule has 2 rings (SSSR count). The SMILES string of the molecule is Cc1cc(C)cc(N2CCN(CCCCl)CC2)c1. The van der Waals surface area contributed by atoms with Crippen LogP contribution in [0.1, 0.15) is 17.5 Å². The molecule has 0 aromatic heterocycles. The zero-order valence-electron chi connectivity index (χ0n) is 11.5. The molecule has 0 bridgehead atoms. The van der Waals surface area contributed by atoms with Crippen molar-refractivity contribution in [3.05, 3.63) is 29.3 Å². The molecular formula is C15H23ClN2. The van der Waals surface area contributed by atoms with Crippen molar-refractivity contribution < 1.29 is 0 Å². The lowest BCUT2D eigenvalue weighted by Gasteiger charge is -2.36. The van der Waals surface area contributed by atoms with Crippen molar-refractivity contribution in [3.63, 3.8) is 0 Å². The molecule has 2 nitrogen and oxygen atoms in total. The molecular weight excluding hydrogens is 244 g/mol. The fourth-order valence-corrected chi connectivity index (χ4v) is 2.77. The van der Waals surface area contributed by atoms with Crippen molar-refractivity contribution in [1.82, 2.24) is 4.90 Å². The highest BCUT2D eigenvalue weighted by atomic mass is 35.5. The van der Waals surface area contributed by atoms with E-state index in [-0.39, 0.29) is 0 Å². The van der Waals surface area contributed by atoms with Crippen molar-refractivity contribution >= 4 is 17.3 Å². The zero-order valence-corrected chi connectivity index (χ0v) is 12.2. The number of anilines is 1. The van der Waals surface area contributed by atoms with Gasteiger partial charge in [-0.05, 0) is 50.1 Å². The monoisotopic (exact) mass is 266 g/mol. The van der Waals surface area contributed by atoms with Crippen LogP contribution in [0.2, 0.25) is 0 Å². The maximum atomic E-state index is 5.74. The minimum Gasteiger partial charge on any atom is -0.369 e. The lowest BCUT2D eigenvalue weighted by atomic mass is 10.1. The van der Waals surface area contributed by atoms with E-state index in [0.29, 0.717) is 0 Å². The van der Waals surface area contributed by atoms with Crippen LogP contribution in [0.5, 0.6) is 0 Å². The molecule has 0 saturated carbocycles. The van der Waals surface area contributed by atoms with Gasteiger partial charge in [-0.25, -0.2) is 0 Å². The molecule has 0 atom stereocenters. The van der Waals surface area contributed by atoms with Gasteiger partial charge >= 0.3 is 0 Å². The van der Waals surface area contributed by atoms with Gasteiger partial charge < -0.3 is 4.90 Å². The Labute approximate surface area is 116 Å². The molecule has 1 aromatic rings. The summed E-state index contributed by atoms with van der Waals surface area (Å²) in [7, 11) is 0. The van der Waals surface area contributed by atoms with Crippen LogP contribution < -0.4 is 4.90 Å². The summed E-state index contributed by atoms with van der Waals surface area (Å²) >= 11 is 5.74. The van der Waals surface area contributed by atoms with E-state index < -0.39 is 0 Å². The van der Waals surface area contributed by atoms with Crippen LogP contribution in [-0.2, 0) is 0 Å². The maximum absolute atomic E-state index is 5.74. The number of hydrogen-bond acceptors (Lipinski definition) is 2. The molecule has 1 saturated heterocycles. The molecule has 1 aliphatic rings. The van der Waals surface area contributed by atoms with Crippen LogP contribution in [0.4, 0.5) is 5.69 Å². The molecule has 1 heterocycles. The van der Waals surface area contributed by atoms with Crippen molar-refractivity contribution in [2.75, 3.05) is 43.5 Å². The molecule has 0 amide bonds. The van der Waals surface area contributed by atoms with Crippen molar-refractivity contribution in [2.24, 2.45) is 0 Å². The first-order chi connectivity index (χ1) is 8.69. The fourth-order valence-electron chi connectivity index (χ4n) is 2.65. The first-order valence-electron chi connectivity index (χ1n) is 6.80. The maximum Gasteiger partial charge on any atom is 0.0372 e. The van der Waals surface area contributed by atoms with Gasteiger partial charge in [-0.3, -0.25) is 4.90 Å². The lowest BCUT2D eigenvalue weighted by molar-refractivity contribution is 0.259. The summed E-state index contributed by atoms with van der Waals surface area (Å²) in [6, 6.07) is 6.82. The van der Waals surface area contributed by atoms with Crippen molar-refractivity contribution in [1.29, 1.82) is 0 Å². The van der Waals surface area contributed by atoms with Crippen LogP contribution >= 0.6 is 11.6 Å². The minimum atomic E-state index is 0.775. The molecule has 18 heavy (non-hydrogen) atoms. The molecule has 0 unspecified atom stereocenters. The third-order valence-corrected chi connectivity index (χ3v) is 3.82. The molecule has 0 spiro atoms. The number of aryl methyl sites for hydroxylation is 2. The average molecular weight is 267 g/mol. The Bertz CT molecular complexity index is 364. The highest BCUT2D eigenvalue weighted by molar-refractivity contribution is 6.17. The molecule has 1 fully saturated rings. The van der Waals surface area contributed by atoms with Crippen LogP contribution in [0, 0.1) is 13.8 Å². The molecule has 1 aromatic carbocycles. The van der Waals surface area contributed by atoms with Gasteiger partial charge in [-0.2, -0.15) is 0 Å². The number of rotatable bonds is 4. The number of benzene rings is 1. The number of alkyl halides is 1. The topological polar surface area (TPSA) is 6.48 Å². The summed E-state index contributed by atoms with van der Waals surface area (Å²) in [5.41, 5.74) is 4.09. The summed E-state index contributed by atoms with van der Waals surface area (Å²) in [6.45, 7) is 10.1. The predicted molar refractivity (Wildman–Crippen MR) is 79.9 cm³/mol. The Morgan fingerprint density at radius 3 is 2.17 bits per heavy atom. The van der Waals surface area contributed by atoms with E-state index in [1.807, 2.05) is 0 Å². The van der Waals surface area contributed by atoms with Gasteiger partial charge in [0.25, 0.3) is 0 Å². The van der Waals surface area contributed by atoms with Crippen molar-refractivity contribution in [3.8, 4) is 0 Å². The van der Waals surface area contributed by atoms with E-state index in [1.54, 1.807) is 0 Å². The van der Waals surface area contributed by atoms with E-state index in [0.717, 1.165) is 45.0 Å². The first-order valence-corrected chi connectivity index (χ1v) is 7.34. The molecule has 0 radical (unpaired) electrons. The Kier molecular flexibility index (Phi) is 4.90. The standard InChI is InChI=1S/C15H23ClN2/c1-13-10-14(2)12-15(11-13)18-8-6-17(7-9-18)5-3-4-16/h10-12H,3-9H2,1-2H3. The first kappa shape index (κ1) is 13.7. The van der Waals surface area contributed by atoms with Crippen molar-refractivity contribution in [2.45, 2.75) is 20.3 Å². The Balaban J connectivity index is 1.92. The smallest absolute Gasteiger partial charge is 0.0372 e. The Morgan fingerprint density at radius 2 is 1.61 bits per heavy atom. The van der Waals surface area contributed by atoms with Crippen LogP contribution in [-0.4, -0.2) is 43.5 Å². The third-order valence-electron chi connectivity index (χ3n) is 3.55. The van der Waals surface area contributed by atoms with Gasteiger partial charge in [-0.15, -0.1) is 11.6 Å². The number of piperazine rings is 1. The summed E-state index contributed by atoms with van der Waals surface area (Å²) in [6.07, 6.45) is 1.10. The number of halogens is 1. The summed E-state index contributed by atoms with van der Waals surface area (Å²) < 4.78 is 0. The Morgan fingerprint density at radius 1 is 1.00 bits per heavy atom. The second-order valence-corrected chi connectivity index (χ2v) is 5.60. The molecule has 100 valence electrons. The second kappa shape index (κ2) is 6.44. The van der Waals surface area contributed by atoms with E-state index >= 15 is 0 Å². The highest BCUT2D eigenvalue weighted by Gasteiger charge is 2.16. The lowest BCUT2D eigenvalue weighted by Crippen LogP contribution is -2.46. The van der Waals surface area contributed by atoms with E-state index in [2.05, 4.69) is 41.8 Å². The average Bonchev–Trinajstić information content (AvgIpc) is 2.36. The largest absolute Gasteiger partial charge is 0.369 e. The number of hydrogen-bond donors (Lipinski definition) is 0. The van der Waals surface area contributed by atoms with Gasteiger partial charge in [0.15, 0.2) is 0 Å². The number of nitrogens with zero attached hydrogens (tertiary/aromatic N) is 2. The predicted octanol–water partition coefficient (Wildman–Crippen LogP) is 3.05. The summed E-state index contributed by atoms with van der Waals surface area (Å²) in [5.74, 6) is 0.775. The third kappa shape index (κ3) is 3.63. The summed E-state index contributed by atoms with van der Waals surface area (Å²) in [4.78, 5) is 5.01. The van der Waals surface area contributed by atoms with Crippen LogP contribution in [0.25, 0.3) is 0 Å². The molecule has 1 aliphatic heterocycles. The zero-order chi connectivity index (χ0) is 13.0. The Hall–Kier alpha value is -0.730. The van der Waals surface area contributed by atoms with Crippen LogP contribution in [0.3, 0.4) is 0 Å². The van der Waals surface area contributed by atoms with E-state index in [4.69, 9.17) is 11.6 Å². The van der Waals surface area contributed by atoms with E-state index in [9.17, 15) is 0 Å². The van der Waals surface area contributed by atoms with Gasteiger partial charge in [0.2, 0.25) is 0 Å². The summed E-state index contributed by atoms with van der Waals surface area (Å²) in [5, 5.41) is 0. The highest BCUT2D eigenvalue weighted by Crippen LogP contribution is 2.20. The van der Waals surface area contributed by atoms with E-state index in [1.165, 1.54) is 16.8 Å².